The topological polar surface area (TPSA) is 18.5 Å². The molecule has 18 heavy (non-hydrogen) atoms. The van der Waals surface area contributed by atoms with Gasteiger partial charge in [-0.2, -0.15) is 12.6 Å². The standard InChI is InChI=1S/C14H20O2S2/c1-10(2)11(8-17)9-18-12-3-4-13-14(7-12)16-6-5-15-13/h3-4,7,10-11,17H,5-6,8-9H2,1-2H3. The first kappa shape index (κ1) is 13.9. The van der Waals surface area contributed by atoms with Crippen molar-refractivity contribution in [3.8, 4) is 11.5 Å². The van der Waals surface area contributed by atoms with E-state index in [9.17, 15) is 0 Å². The molecule has 4 heteroatoms. The Balaban J connectivity index is 1.97. The van der Waals surface area contributed by atoms with Crippen LogP contribution in [-0.4, -0.2) is 24.7 Å². The van der Waals surface area contributed by atoms with E-state index in [1.54, 1.807) is 0 Å². The van der Waals surface area contributed by atoms with Crippen molar-refractivity contribution in [1.29, 1.82) is 0 Å². The molecule has 0 fully saturated rings. The minimum Gasteiger partial charge on any atom is -0.486 e. The lowest BCUT2D eigenvalue weighted by Gasteiger charge is -2.20. The van der Waals surface area contributed by atoms with Gasteiger partial charge in [0.2, 0.25) is 0 Å². The van der Waals surface area contributed by atoms with Crippen LogP contribution in [0.2, 0.25) is 0 Å². The average Bonchev–Trinajstić information content (AvgIpc) is 2.39. The predicted molar refractivity (Wildman–Crippen MR) is 80.3 cm³/mol. The van der Waals surface area contributed by atoms with Crippen LogP contribution in [0.15, 0.2) is 23.1 Å². The summed E-state index contributed by atoms with van der Waals surface area (Å²) in [5.74, 6) is 5.09. The van der Waals surface area contributed by atoms with Crippen LogP contribution in [0.25, 0.3) is 0 Å². The lowest BCUT2D eigenvalue weighted by atomic mass is 10.0. The number of ether oxygens (including phenoxy) is 2. The van der Waals surface area contributed by atoms with Gasteiger partial charge in [-0.3, -0.25) is 0 Å². The van der Waals surface area contributed by atoms with Crippen LogP contribution < -0.4 is 9.47 Å². The van der Waals surface area contributed by atoms with Gasteiger partial charge in [-0.25, -0.2) is 0 Å². The van der Waals surface area contributed by atoms with Crippen molar-refractivity contribution in [2.75, 3.05) is 24.7 Å². The van der Waals surface area contributed by atoms with Crippen molar-refractivity contribution in [1.82, 2.24) is 0 Å². The minimum absolute atomic E-state index is 0.645. The molecule has 1 heterocycles. The number of rotatable bonds is 5. The van der Waals surface area contributed by atoms with Gasteiger partial charge in [-0.1, -0.05) is 13.8 Å². The van der Waals surface area contributed by atoms with E-state index >= 15 is 0 Å². The summed E-state index contributed by atoms with van der Waals surface area (Å²) < 4.78 is 11.1. The fraction of sp³-hybridized carbons (Fsp3) is 0.571. The van der Waals surface area contributed by atoms with Gasteiger partial charge in [0.25, 0.3) is 0 Å². The van der Waals surface area contributed by atoms with E-state index in [0.717, 1.165) is 23.0 Å². The summed E-state index contributed by atoms with van der Waals surface area (Å²) in [6.07, 6.45) is 0. The first-order valence-corrected chi connectivity index (χ1v) is 7.96. The molecule has 0 amide bonds. The quantitative estimate of drug-likeness (QED) is 0.656. The Bertz CT molecular complexity index is 393. The van der Waals surface area contributed by atoms with Crippen molar-refractivity contribution in [2.45, 2.75) is 18.7 Å². The molecule has 0 saturated heterocycles. The molecule has 1 aromatic carbocycles. The van der Waals surface area contributed by atoms with E-state index in [1.165, 1.54) is 4.90 Å². The second-order valence-electron chi connectivity index (χ2n) is 4.80. The maximum atomic E-state index is 5.59. The average molecular weight is 284 g/mol. The Hall–Kier alpha value is -0.480. The fourth-order valence-corrected chi connectivity index (χ4v) is 3.76. The van der Waals surface area contributed by atoms with Gasteiger partial charge in [0.1, 0.15) is 13.2 Å². The van der Waals surface area contributed by atoms with Crippen LogP contribution in [-0.2, 0) is 0 Å². The van der Waals surface area contributed by atoms with Crippen molar-refractivity contribution in [2.24, 2.45) is 11.8 Å². The molecule has 2 rings (SSSR count). The zero-order valence-corrected chi connectivity index (χ0v) is 12.6. The number of thiol groups is 1. The SMILES string of the molecule is CC(C)C(CS)CSc1ccc2c(c1)OCCO2. The minimum atomic E-state index is 0.645. The van der Waals surface area contributed by atoms with Crippen molar-refractivity contribution in [3.63, 3.8) is 0 Å². The second kappa shape index (κ2) is 6.62. The van der Waals surface area contributed by atoms with Crippen LogP contribution in [0.5, 0.6) is 11.5 Å². The third-order valence-electron chi connectivity index (χ3n) is 3.16. The summed E-state index contributed by atoms with van der Waals surface area (Å²) in [6.45, 7) is 5.80. The summed E-state index contributed by atoms with van der Waals surface area (Å²) >= 11 is 6.29. The first-order chi connectivity index (χ1) is 8.70. The maximum Gasteiger partial charge on any atom is 0.162 e. The first-order valence-electron chi connectivity index (χ1n) is 6.34. The van der Waals surface area contributed by atoms with E-state index in [4.69, 9.17) is 9.47 Å². The predicted octanol–water partition coefficient (Wildman–Crippen LogP) is 3.75. The third kappa shape index (κ3) is 3.51. The van der Waals surface area contributed by atoms with Gasteiger partial charge < -0.3 is 9.47 Å². The largest absolute Gasteiger partial charge is 0.486 e. The molecule has 0 bridgehead atoms. The van der Waals surface area contributed by atoms with Gasteiger partial charge in [0, 0.05) is 10.6 Å². The van der Waals surface area contributed by atoms with Gasteiger partial charge >= 0.3 is 0 Å². The highest BCUT2D eigenvalue weighted by molar-refractivity contribution is 7.99. The molecule has 1 aliphatic rings. The van der Waals surface area contributed by atoms with E-state index < -0.39 is 0 Å². The van der Waals surface area contributed by atoms with Crippen LogP contribution in [0.4, 0.5) is 0 Å². The van der Waals surface area contributed by atoms with E-state index in [1.807, 2.05) is 17.8 Å². The van der Waals surface area contributed by atoms with Gasteiger partial charge in [0.05, 0.1) is 0 Å². The van der Waals surface area contributed by atoms with E-state index in [2.05, 4.69) is 38.6 Å². The Kier molecular flexibility index (Phi) is 5.13. The molecule has 1 aromatic rings. The number of thioether (sulfide) groups is 1. The summed E-state index contributed by atoms with van der Waals surface area (Å²) in [5.41, 5.74) is 0. The molecule has 0 aromatic heterocycles. The van der Waals surface area contributed by atoms with Crippen LogP contribution in [0.3, 0.4) is 0 Å². The maximum absolute atomic E-state index is 5.59. The van der Waals surface area contributed by atoms with Gasteiger partial charge in [-0.05, 0) is 35.8 Å². The lowest BCUT2D eigenvalue weighted by Crippen LogP contribution is -2.15. The Morgan fingerprint density at radius 2 is 1.94 bits per heavy atom. The number of hydrogen-bond donors (Lipinski definition) is 1. The zero-order valence-electron chi connectivity index (χ0n) is 10.9. The highest BCUT2D eigenvalue weighted by Crippen LogP contribution is 2.35. The molecule has 0 spiro atoms. The summed E-state index contributed by atoms with van der Waals surface area (Å²) in [6, 6.07) is 6.19. The van der Waals surface area contributed by atoms with Crippen molar-refractivity contribution in [3.05, 3.63) is 18.2 Å². The summed E-state index contributed by atoms with van der Waals surface area (Å²) in [5, 5.41) is 0. The smallest absolute Gasteiger partial charge is 0.162 e. The van der Waals surface area contributed by atoms with Crippen LogP contribution in [0, 0.1) is 11.8 Å². The molecule has 0 saturated carbocycles. The van der Waals surface area contributed by atoms with Crippen LogP contribution in [0.1, 0.15) is 13.8 Å². The highest BCUT2D eigenvalue weighted by atomic mass is 32.2. The Labute approximate surface area is 119 Å². The van der Waals surface area contributed by atoms with Gasteiger partial charge in [0.15, 0.2) is 11.5 Å². The molecular formula is C14H20O2S2. The number of fused-ring (bicyclic) bond motifs is 1. The lowest BCUT2D eigenvalue weighted by molar-refractivity contribution is 0.171. The highest BCUT2D eigenvalue weighted by Gasteiger charge is 2.14. The van der Waals surface area contributed by atoms with Crippen LogP contribution >= 0.6 is 24.4 Å². The molecular weight excluding hydrogens is 264 g/mol. The molecule has 1 atom stereocenters. The van der Waals surface area contributed by atoms with Crippen molar-refractivity contribution < 1.29 is 9.47 Å². The number of hydrogen-bond acceptors (Lipinski definition) is 4. The van der Waals surface area contributed by atoms with Crippen molar-refractivity contribution >= 4 is 24.4 Å². The fourth-order valence-electron chi connectivity index (χ4n) is 1.77. The second-order valence-corrected chi connectivity index (χ2v) is 6.26. The number of benzene rings is 1. The monoisotopic (exact) mass is 284 g/mol. The molecule has 1 aliphatic heterocycles. The summed E-state index contributed by atoms with van der Waals surface area (Å²) in [4.78, 5) is 1.24. The van der Waals surface area contributed by atoms with E-state index in [-0.39, 0.29) is 0 Å². The molecule has 1 unspecified atom stereocenters. The van der Waals surface area contributed by atoms with E-state index in [0.29, 0.717) is 25.0 Å². The van der Waals surface area contributed by atoms with Gasteiger partial charge in [-0.15, -0.1) is 11.8 Å². The Morgan fingerprint density at radius 1 is 1.22 bits per heavy atom. The molecule has 0 aliphatic carbocycles. The molecule has 2 nitrogen and oxygen atoms in total. The third-order valence-corrected chi connectivity index (χ3v) is 4.81. The normalized spacial score (nSPS) is 15.8. The molecule has 0 N–H and O–H groups in total. The molecule has 100 valence electrons. The summed E-state index contributed by atoms with van der Waals surface area (Å²) in [7, 11) is 0. The Morgan fingerprint density at radius 3 is 2.61 bits per heavy atom. The zero-order chi connectivity index (χ0) is 13.0. The molecule has 0 radical (unpaired) electrons.